The zero-order valence-electron chi connectivity index (χ0n) is 12.2. The summed E-state index contributed by atoms with van der Waals surface area (Å²) in [7, 11) is 1.18. The fourth-order valence-electron chi connectivity index (χ4n) is 1.93. The van der Waals surface area contributed by atoms with Crippen LogP contribution in [0.5, 0.6) is 5.75 Å². The topological polar surface area (TPSA) is 105 Å². The number of hydrogen-bond donors (Lipinski definition) is 0. The van der Waals surface area contributed by atoms with Gasteiger partial charge in [0.2, 0.25) is 5.60 Å². The Hall–Kier alpha value is -2.64. The van der Waals surface area contributed by atoms with Gasteiger partial charge >= 0.3 is 17.6 Å². The lowest BCUT2D eigenvalue weighted by Crippen LogP contribution is -2.31. The number of carbonyl (C=O) groups is 2. The van der Waals surface area contributed by atoms with Gasteiger partial charge in [0.05, 0.1) is 24.2 Å². The van der Waals surface area contributed by atoms with Gasteiger partial charge in [-0.2, -0.15) is 0 Å². The van der Waals surface area contributed by atoms with Gasteiger partial charge < -0.3 is 14.2 Å². The summed E-state index contributed by atoms with van der Waals surface area (Å²) in [6.07, 6.45) is 0.865. The van der Waals surface area contributed by atoms with E-state index in [9.17, 15) is 19.7 Å². The van der Waals surface area contributed by atoms with Crippen LogP contribution in [0.3, 0.4) is 0 Å². The molecule has 118 valence electrons. The van der Waals surface area contributed by atoms with Crippen LogP contribution in [0.25, 0.3) is 0 Å². The molecule has 0 radical (unpaired) electrons. The normalized spacial score (nSPS) is 14.8. The van der Waals surface area contributed by atoms with Crippen LogP contribution in [0.1, 0.15) is 30.1 Å². The van der Waals surface area contributed by atoms with E-state index in [-0.39, 0.29) is 17.9 Å². The second-order valence-corrected chi connectivity index (χ2v) is 4.75. The van der Waals surface area contributed by atoms with E-state index in [2.05, 4.69) is 4.74 Å². The van der Waals surface area contributed by atoms with Crippen molar-refractivity contribution in [2.75, 3.05) is 13.7 Å². The number of carbonyl (C=O) groups excluding carboxylic acids is 2. The molecule has 0 amide bonds. The summed E-state index contributed by atoms with van der Waals surface area (Å²) < 4.78 is 15.0. The van der Waals surface area contributed by atoms with E-state index < -0.39 is 28.2 Å². The lowest BCUT2D eigenvalue weighted by Gasteiger charge is -2.16. The molecule has 0 N–H and O–H groups in total. The van der Waals surface area contributed by atoms with Gasteiger partial charge in [-0.05, 0) is 19.1 Å². The first kappa shape index (κ1) is 15.7. The largest absolute Gasteiger partial charge is 0.468 e. The molecule has 0 saturated heterocycles. The minimum Gasteiger partial charge on any atom is -0.468 e. The summed E-state index contributed by atoms with van der Waals surface area (Å²) in [5.41, 5.74) is -1.53. The first-order chi connectivity index (χ1) is 10.4. The van der Waals surface area contributed by atoms with E-state index in [1.165, 1.54) is 19.2 Å². The van der Waals surface area contributed by atoms with Gasteiger partial charge in [-0.15, -0.1) is 0 Å². The smallest absolute Gasteiger partial charge is 0.350 e. The first-order valence-electron chi connectivity index (χ1n) is 6.66. The summed E-state index contributed by atoms with van der Waals surface area (Å²) in [5.74, 6) is -1.31. The van der Waals surface area contributed by atoms with Crippen molar-refractivity contribution in [3.05, 3.63) is 33.9 Å². The number of nitrogens with zero attached hydrogens (tertiary/aromatic N) is 1. The molecule has 2 rings (SSSR count). The lowest BCUT2D eigenvalue weighted by atomic mass is 10.2. The van der Waals surface area contributed by atoms with Gasteiger partial charge in [0.15, 0.2) is 5.75 Å². The van der Waals surface area contributed by atoms with Crippen LogP contribution in [0.15, 0.2) is 18.2 Å². The van der Waals surface area contributed by atoms with Gasteiger partial charge in [0.1, 0.15) is 0 Å². The number of nitro groups is 1. The quantitative estimate of drug-likeness (QED) is 0.448. The number of hydrogen-bond acceptors (Lipinski definition) is 7. The molecule has 1 aliphatic carbocycles. The van der Waals surface area contributed by atoms with Crippen molar-refractivity contribution in [1.82, 2.24) is 0 Å². The molecular weight excluding hydrogens is 294 g/mol. The van der Waals surface area contributed by atoms with Crippen molar-refractivity contribution < 1.29 is 28.7 Å². The maximum absolute atomic E-state index is 11.8. The van der Waals surface area contributed by atoms with Crippen LogP contribution in [0, 0.1) is 10.1 Å². The van der Waals surface area contributed by atoms with Gasteiger partial charge in [-0.1, -0.05) is 0 Å². The number of ether oxygens (including phenoxy) is 3. The zero-order valence-corrected chi connectivity index (χ0v) is 12.2. The zero-order chi connectivity index (χ0) is 16.3. The molecular formula is C14H15NO7. The molecule has 0 aliphatic heterocycles. The molecule has 8 nitrogen and oxygen atoms in total. The molecule has 1 aliphatic rings. The summed E-state index contributed by atoms with van der Waals surface area (Å²) in [5, 5.41) is 11.1. The minimum atomic E-state index is -1.16. The molecule has 8 heteroatoms. The first-order valence-corrected chi connectivity index (χ1v) is 6.66. The molecule has 1 fully saturated rings. The van der Waals surface area contributed by atoms with Crippen molar-refractivity contribution in [3.8, 4) is 5.75 Å². The minimum absolute atomic E-state index is 0.0301. The number of benzene rings is 1. The molecule has 0 atom stereocenters. The Labute approximate surface area is 126 Å². The molecule has 1 aromatic rings. The third-order valence-corrected chi connectivity index (χ3v) is 3.23. The van der Waals surface area contributed by atoms with Crippen molar-refractivity contribution in [2.24, 2.45) is 0 Å². The highest BCUT2D eigenvalue weighted by molar-refractivity contribution is 5.90. The number of methoxy groups -OCH3 is 1. The van der Waals surface area contributed by atoms with E-state index in [0.29, 0.717) is 12.8 Å². The molecule has 0 bridgehead atoms. The monoisotopic (exact) mass is 309 g/mol. The predicted octanol–water partition coefficient (Wildman–Crippen LogP) is 1.86. The SMILES string of the molecule is CCOC(=O)C1(Oc2ccc(C(=O)OC)cc2[N+](=O)[O-])CC1. The Kier molecular flexibility index (Phi) is 4.30. The second kappa shape index (κ2) is 6.00. The molecule has 1 saturated carbocycles. The summed E-state index contributed by atoms with van der Waals surface area (Å²) in [4.78, 5) is 33.7. The van der Waals surface area contributed by atoms with Gasteiger partial charge in [-0.3, -0.25) is 10.1 Å². The lowest BCUT2D eigenvalue weighted by molar-refractivity contribution is -0.386. The maximum Gasteiger partial charge on any atom is 0.350 e. The van der Waals surface area contributed by atoms with E-state index in [4.69, 9.17) is 9.47 Å². The molecule has 22 heavy (non-hydrogen) atoms. The fraction of sp³-hybridized carbons (Fsp3) is 0.429. The molecule has 1 aromatic carbocycles. The predicted molar refractivity (Wildman–Crippen MR) is 73.7 cm³/mol. The average Bonchev–Trinajstić information content (AvgIpc) is 3.27. The third kappa shape index (κ3) is 3.00. The highest BCUT2D eigenvalue weighted by atomic mass is 16.6. The average molecular weight is 309 g/mol. The van der Waals surface area contributed by atoms with Gasteiger partial charge in [0.25, 0.3) is 0 Å². The summed E-state index contributed by atoms with van der Waals surface area (Å²) in [6.45, 7) is 1.87. The summed E-state index contributed by atoms with van der Waals surface area (Å²) in [6, 6.07) is 3.68. The summed E-state index contributed by atoms with van der Waals surface area (Å²) >= 11 is 0. The van der Waals surface area contributed by atoms with Crippen molar-refractivity contribution >= 4 is 17.6 Å². The highest BCUT2D eigenvalue weighted by Gasteiger charge is 2.55. The highest BCUT2D eigenvalue weighted by Crippen LogP contribution is 2.44. The molecule has 0 spiro atoms. The van der Waals surface area contributed by atoms with Crippen molar-refractivity contribution in [3.63, 3.8) is 0 Å². The second-order valence-electron chi connectivity index (χ2n) is 4.75. The van der Waals surface area contributed by atoms with E-state index in [0.717, 1.165) is 6.07 Å². The van der Waals surface area contributed by atoms with Crippen molar-refractivity contribution in [1.29, 1.82) is 0 Å². The molecule has 0 heterocycles. The number of esters is 2. The Morgan fingerprint density at radius 2 is 2.05 bits per heavy atom. The van der Waals surface area contributed by atoms with Gasteiger partial charge in [-0.25, -0.2) is 9.59 Å². The Bertz CT molecular complexity index is 622. The van der Waals surface area contributed by atoms with Crippen molar-refractivity contribution in [2.45, 2.75) is 25.4 Å². The van der Waals surface area contributed by atoms with Crippen LogP contribution in [0.4, 0.5) is 5.69 Å². The third-order valence-electron chi connectivity index (χ3n) is 3.23. The Morgan fingerprint density at radius 1 is 1.36 bits per heavy atom. The standard InChI is InChI=1S/C14H15NO7/c1-3-21-13(17)14(6-7-14)22-11-5-4-9(12(16)20-2)8-10(11)15(18)19/h4-5,8H,3,6-7H2,1-2H3. The fourth-order valence-corrected chi connectivity index (χ4v) is 1.93. The Balaban J connectivity index is 2.30. The van der Waals surface area contributed by atoms with E-state index >= 15 is 0 Å². The number of rotatable bonds is 6. The van der Waals surface area contributed by atoms with Crippen LogP contribution >= 0.6 is 0 Å². The maximum atomic E-state index is 11.8. The van der Waals surface area contributed by atoms with E-state index in [1.54, 1.807) is 6.92 Å². The molecule has 0 aromatic heterocycles. The van der Waals surface area contributed by atoms with E-state index in [1.807, 2.05) is 0 Å². The van der Waals surface area contributed by atoms with Crippen LogP contribution in [-0.2, 0) is 14.3 Å². The van der Waals surface area contributed by atoms with Crippen LogP contribution < -0.4 is 4.74 Å². The van der Waals surface area contributed by atoms with Crippen LogP contribution in [0.2, 0.25) is 0 Å². The molecule has 0 unspecified atom stereocenters. The Morgan fingerprint density at radius 3 is 2.55 bits per heavy atom. The van der Waals surface area contributed by atoms with Crippen LogP contribution in [-0.4, -0.2) is 36.2 Å². The number of nitro benzene ring substituents is 1. The van der Waals surface area contributed by atoms with Gasteiger partial charge in [0, 0.05) is 18.9 Å².